The van der Waals surface area contributed by atoms with E-state index in [-0.39, 0.29) is 10.7 Å². The van der Waals surface area contributed by atoms with E-state index in [1.54, 1.807) is 0 Å². The van der Waals surface area contributed by atoms with E-state index in [0.717, 1.165) is 18.0 Å². The van der Waals surface area contributed by atoms with Crippen LogP contribution in [0, 0.1) is 0 Å². The third-order valence-corrected chi connectivity index (χ3v) is 5.51. The van der Waals surface area contributed by atoms with Crippen LogP contribution in [0.3, 0.4) is 0 Å². The van der Waals surface area contributed by atoms with Gasteiger partial charge in [-0.25, -0.2) is 4.98 Å². The molecule has 6 heteroatoms. The summed E-state index contributed by atoms with van der Waals surface area (Å²) in [7, 11) is 0. The van der Waals surface area contributed by atoms with Crippen LogP contribution in [0.25, 0.3) is 0 Å². The van der Waals surface area contributed by atoms with E-state index in [4.69, 9.17) is 5.73 Å². The van der Waals surface area contributed by atoms with Crippen molar-refractivity contribution in [2.45, 2.75) is 30.9 Å². The Morgan fingerprint density at radius 1 is 1.67 bits per heavy atom. The SMILES string of the molecule is CC1(CNC(=O)c2csc(CCN)n2)CCCS1. The molecular formula is C12H19N3OS2. The van der Waals surface area contributed by atoms with Crippen molar-refractivity contribution in [3.63, 3.8) is 0 Å². The number of rotatable bonds is 5. The number of aromatic nitrogens is 1. The van der Waals surface area contributed by atoms with Crippen LogP contribution in [0.1, 0.15) is 35.3 Å². The van der Waals surface area contributed by atoms with E-state index in [9.17, 15) is 4.79 Å². The molecule has 1 saturated heterocycles. The van der Waals surface area contributed by atoms with Crippen molar-refractivity contribution in [3.8, 4) is 0 Å². The largest absolute Gasteiger partial charge is 0.349 e. The number of carbonyl (C=O) groups excluding carboxylic acids is 1. The summed E-state index contributed by atoms with van der Waals surface area (Å²) in [6, 6.07) is 0. The molecule has 0 bridgehead atoms. The molecule has 1 amide bonds. The fraction of sp³-hybridized carbons (Fsp3) is 0.667. The van der Waals surface area contributed by atoms with Gasteiger partial charge in [-0.05, 0) is 32.1 Å². The number of carbonyl (C=O) groups is 1. The molecule has 1 aromatic heterocycles. The molecule has 0 aromatic carbocycles. The number of thioether (sulfide) groups is 1. The summed E-state index contributed by atoms with van der Waals surface area (Å²) in [6.07, 6.45) is 3.16. The highest BCUT2D eigenvalue weighted by Crippen LogP contribution is 2.36. The molecule has 100 valence electrons. The zero-order valence-electron chi connectivity index (χ0n) is 10.6. The summed E-state index contributed by atoms with van der Waals surface area (Å²) in [6.45, 7) is 3.51. The number of thiazole rings is 1. The molecule has 18 heavy (non-hydrogen) atoms. The van der Waals surface area contributed by atoms with Gasteiger partial charge in [0.05, 0.1) is 5.01 Å². The molecule has 3 N–H and O–H groups in total. The molecular weight excluding hydrogens is 266 g/mol. The van der Waals surface area contributed by atoms with Crippen LogP contribution in [0.5, 0.6) is 0 Å². The molecule has 1 aliphatic rings. The van der Waals surface area contributed by atoms with Crippen molar-refractivity contribution < 1.29 is 4.79 Å². The second-order valence-corrected chi connectivity index (χ2v) is 7.37. The summed E-state index contributed by atoms with van der Waals surface area (Å²) >= 11 is 3.45. The molecule has 1 aliphatic heterocycles. The third kappa shape index (κ3) is 3.46. The Balaban J connectivity index is 1.87. The summed E-state index contributed by atoms with van der Waals surface area (Å²) in [5.74, 6) is 1.13. The molecule has 0 radical (unpaired) electrons. The smallest absolute Gasteiger partial charge is 0.270 e. The Labute approximate surface area is 116 Å². The lowest BCUT2D eigenvalue weighted by molar-refractivity contribution is 0.0945. The average Bonchev–Trinajstić information content (AvgIpc) is 2.97. The van der Waals surface area contributed by atoms with Crippen molar-refractivity contribution in [1.82, 2.24) is 10.3 Å². The van der Waals surface area contributed by atoms with E-state index in [0.29, 0.717) is 12.2 Å². The first kappa shape index (κ1) is 13.8. The van der Waals surface area contributed by atoms with Gasteiger partial charge in [0.2, 0.25) is 0 Å². The number of nitrogens with one attached hydrogen (secondary N) is 1. The van der Waals surface area contributed by atoms with E-state index < -0.39 is 0 Å². The maximum absolute atomic E-state index is 12.0. The Morgan fingerprint density at radius 2 is 2.50 bits per heavy atom. The van der Waals surface area contributed by atoms with Crippen LogP contribution < -0.4 is 11.1 Å². The van der Waals surface area contributed by atoms with Crippen molar-refractivity contribution >= 4 is 29.0 Å². The lowest BCUT2D eigenvalue weighted by atomic mass is 10.1. The standard InChI is InChI=1S/C12H19N3OS2/c1-12(4-2-6-18-12)8-14-11(16)9-7-17-10(15-9)3-5-13/h7H,2-6,8,13H2,1H3,(H,14,16). The summed E-state index contributed by atoms with van der Waals surface area (Å²) in [4.78, 5) is 16.2. The molecule has 4 nitrogen and oxygen atoms in total. The first-order valence-corrected chi connectivity index (χ1v) is 8.06. The maximum atomic E-state index is 12.0. The predicted molar refractivity (Wildman–Crippen MR) is 77.3 cm³/mol. The second kappa shape index (κ2) is 6.04. The minimum atomic E-state index is -0.0664. The maximum Gasteiger partial charge on any atom is 0.270 e. The predicted octanol–water partition coefficient (Wildman–Crippen LogP) is 1.66. The first-order valence-electron chi connectivity index (χ1n) is 6.20. The number of nitrogens with two attached hydrogens (primary N) is 1. The lowest BCUT2D eigenvalue weighted by Crippen LogP contribution is -2.36. The van der Waals surface area contributed by atoms with Crippen LogP contribution in [0.2, 0.25) is 0 Å². The normalized spacial score (nSPS) is 23.2. The van der Waals surface area contributed by atoms with E-state index in [1.165, 1.54) is 29.9 Å². The first-order chi connectivity index (χ1) is 8.63. The molecule has 1 fully saturated rings. The summed E-state index contributed by atoms with van der Waals surface area (Å²) in [5, 5.41) is 5.73. The molecule has 1 atom stereocenters. The Hall–Kier alpha value is -0.590. The molecule has 1 aromatic rings. The van der Waals surface area contributed by atoms with Gasteiger partial charge in [0, 0.05) is 23.1 Å². The molecule has 0 spiro atoms. The number of hydrogen-bond acceptors (Lipinski definition) is 5. The quantitative estimate of drug-likeness (QED) is 0.863. The van der Waals surface area contributed by atoms with Crippen LogP contribution in [-0.4, -0.2) is 34.5 Å². The van der Waals surface area contributed by atoms with E-state index in [1.807, 2.05) is 17.1 Å². The molecule has 2 rings (SSSR count). The number of hydrogen-bond donors (Lipinski definition) is 2. The van der Waals surface area contributed by atoms with Gasteiger partial charge in [0.1, 0.15) is 5.69 Å². The van der Waals surface area contributed by atoms with E-state index >= 15 is 0 Å². The van der Waals surface area contributed by atoms with Crippen LogP contribution >= 0.6 is 23.1 Å². The summed E-state index contributed by atoms with van der Waals surface area (Å²) < 4.78 is 0.200. The zero-order valence-corrected chi connectivity index (χ0v) is 12.2. The highest BCUT2D eigenvalue weighted by atomic mass is 32.2. The van der Waals surface area contributed by atoms with Crippen molar-refractivity contribution in [3.05, 3.63) is 16.1 Å². The van der Waals surface area contributed by atoms with Crippen molar-refractivity contribution in [2.24, 2.45) is 5.73 Å². The monoisotopic (exact) mass is 285 g/mol. The highest BCUT2D eigenvalue weighted by molar-refractivity contribution is 8.00. The topological polar surface area (TPSA) is 68.0 Å². The van der Waals surface area contributed by atoms with Gasteiger partial charge < -0.3 is 11.1 Å². The average molecular weight is 285 g/mol. The minimum Gasteiger partial charge on any atom is -0.349 e. The molecule has 2 heterocycles. The Morgan fingerprint density at radius 3 is 3.17 bits per heavy atom. The molecule has 0 aliphatic carbocycles. The lowest BCUT2D eigenvalue weighted by Gasteiger charge is -2.22. The third-order valence-electron chi connectivity index (χ3n) is 3.07. The fourth-order valence-electron chi connectivity index (χ4n) is 1.99. The van der Waals surface area contributed by atoms with Gasteiger partial charge in [0.15, 0.2) is 0 Å². The van der Waals surface area contributed by atoms with Crippen LogP contribution in [-0.2, 0) is 6.42 Å². The molecule has 0 saturated carbocycles. The summed E-state index contributed by atoms with van der Waals surface area (Å²) in [5.41, 5.74) is 5.99. The van der Waals surface area contributed by atoms with Gasteiger partial charge in [-0.3, -0.25) is 4.79 Å². The molecule has 1 unspecified atom stereocenters. The van der Waals surface area contributed by atoms with Gasteiger partial charge >= 0.3 is 0 Å². The Kier molecular flexibility index (Phi) is 4.64. The minimum absolute atomic E-state index is 0.0664. The van der Waals surface area contributed by atoms with Gasteiger partial charge in [-0.1, -0.05) is 0 Å². The van der Waals surface area contributed by atoms with Crippen molar-refractivity contribution in [2.75, 3.05) is 18.8 Å². The van der Waals surface area contributed by atoms with Gasteiger partial charge in [-0.2, -0.15) is 11.8 Å². The van der Waals surface area contributed by atoms with E-state index in [2.05, 4.69) is 17.2 Å². The number of amides is 1. The zero-order chi connectivity index (χ0) is 13.0. The highest BCUT2D eigenvalue weighted by Gasteiger charge is 2.30. The van der Waals surface area contributed by atoms with Crippen molar-refractivity contribution in [1.29, 1.82) is 0 Å². The Bertz CT molecular complexity index is 413. The second-order valence-electron chi connectivity index (χ2n) is 4.75. The van der Waals surface area contributed by atoms with Gasteiger partial charge in [0.25, 0.3) is 5.91 Å². The fourth-order valence-corrected chi connectivity index (χ4v) is 4.03. The van der Waals surface area contributed by atoms with Gasteiger partial charge in [-0.15, -0.1) is 11.3 Å². The number of nitrogens with zero attached hydrogens (tertiary/aromatic N) is 1. The van der Waals surface area contributed by atoms with Crippen LogP contribution in [0.4, 0.5) is 0 Å². The van der Waals surface area contributed by atoms with Crippen LogP contribution in [0.15, 0.2) is 5.38 Å².